The van der Waals surface area contributed by atoms with Crippen molar-refractivity contribution >= 4 is 39.8 Å². The standard InChI is InChI=1S/C29H25N5O3/c1-18(35)33-22-10-13-26-23(16-22)25(31-17-32-26)12-6-19-4-7-20(8-5-19)29(36)34-27-15-21(9-11-24(27)30)28-3-2-14-37-28/h2-5,7-11,13-17H,6,12,30H2,1H3,(H,33,35)(H,34,36). The Hall–Kier alpha value is -4.98. The lowest BCUT2D eigenvalue weighted by Crippen LogP contribution is -2.13. The van der Waals surface area contributed by atoms with Crippen molar-refractivity contribution in [2.75, 3.05) is 16.4 Å². The maximum Gasteiger partial charge on any atom is 0.255 e. The molecule has 0 saturated carbocycles. The second kappa shape index (κ2) is 10.3. The zero-order valence-electron chi connectivity index (χ0n) is 20.2. The van der Waals surface area contributed by atoms with Crippen LogP contribution in [0.25, 0.3) is 22.2 Å². The molecular formula is C29H25N5O3. The molecule has 2 amide bonds. The fourth-order valence-corrected chi connectivity index (χ4v) is 4.13. The zero-order chi connectivity index (χ0) is 25.8. The zero-order valence-corrected chi connectivity index (χ0v) is 20.2. The molecule has 0 bridgehead atoms. The summed E-state index contributed by atoms with van der Waals surface area (Å²) >= 11 is 0. The van der Waals surface area contributed by atoms with Crippen molar-refractivity contribution in [1.82, 2.24) is 9.97 Å². The highest BCUT2D eigenvalue weighted by Gasteiger charge is 2.11. The number of aryl methyl sites for hydroxylation is 2. The number of aromatic nitrogens is 2. The topological polar surface area (TPSA) is 123 Å². The molecule has 0 saturated heterocycles. The van der Waals surface area contributed by atoms with Crippen LogP contribution in [-0.4, -0.2) is 21.8 Å². The third-order valence-electron chi connectivity index (χ3n) is 6.01. The van der Waals surface area contributed by atoms with Gasteiger partial charge in [-0.25, -0.2) is 9.97 Å². The quantitative estimate of drug-likeness (QED) is 0.260. The first-order chi connectivity index (χ1) is 18.0. The molecule has 5 aromatic rings. The first-order valence-corrected chi connectivity index (χ1v) is 11.8. The number of hydrogen-bond donors (Lipinski definition) is 3. The van der Waals surface area contributed by atoms with Crippen LogP contribution in [0.3, 0.4) is 0 Å². The van der Waals surface area contributed by atoms with E-state index in [9.17, 15) is 9.59 Å². The van der Waals surface area contributed by atoms with Crippen molar-refractivity contribution in [3.8, 4) is 11.3 Å². The highest BCUT2D eigenvalue weighted by molar-refractivity contribution is 6.06. The van der Waals surface area contributed by atoms with E-state index in [1.807, 2.05) is 48.5 Å². The fraction of sp³-hybridized carbons (Fsp3) is 0.103. The molecule has 0 unspecified atom stereocenters. The molecule has 2 heterocycles. The smallest absolute Gasteiger partial charge is 0.255 e. The minimum Gasteiger partial charge on any atom is -0.464 e. The molecular weight excluding hydrogens is 466 g/mol. The predicted molar refractivity (Wildman–Crippen MR) is 144 cm³/mol. The van der Waals surface area contributed by atoms with E-state index in [-0.39, 0.29) is 11.8 Å². The van der Waals surface area contributed by atoms with Crippen LogP contribution in [0.4, 0.5) is 17.1 Å². The molecule has 4 N–H and O–H groups in total. The van der Waals surface area contributed by atoms with Crippen LogP contribution in [0.1, 0.15) is 28.5 Å². The van der Waals surface area contributed by atoms with Crippen LogP contribution in [0.2, 0.25) is 0 Å². The van der Waals surface area contributed by atoms with E-state index in [1.165, 1.54) is 6.92 Å². The molecule has 184 valence electrons. The van der Waals surface area contributed by atoms with E-state index in [0.717, 1.165) is 34.1 Å². The number of carbonyl (C=O) groups excluding carboxylic acids is 2. The lowest BCUT2D eigenvalue weighted by Gasteiger charge is -2.11. The van der Waals surface area contributed by atoms with Crippen LogP contribution in [0, 0.1) is 0 Å². The Morgan fingerprint density at radius 1 is 0.919 bits per heavy atom. The van der Waals surface area contributed by atoms with Gasteiger partial charge in [0.25, 0.3) is 5.91 Å². The van der Waals surface area contributed by atoms with Crippen LogP contribution >= 0.6 is 0 Å². The van der Waals surface area contributed by atoms with Crippen LogP contribution in [0.5, 0.6) is 0 Å². The normalized spacial score (nSPS) is 10.8. The molecule has 5 rings (SSSR count). The minimum atomic E-state index is -0.248. The Kier molecular flexibility index (Phi) is 6.63. The Labute approximate surface area is 213 Å². The Bertz CT molecular complexity index is 1580. The third-order valence-corrected chi connectivity index (χ3v) is 6.01. The van der Waals surface area contributed by atoms with Gasteiger partial charge in [0.1, 0.15) is 12.1 Å². The van der Waals surface area contributed by atoms with E-state index in [0.29, 0.717) is 34.8 Å². The van der Waals surface area contributed by atoms with Crippen molar-refractivity contribution in [3.05, 3.63) is 102 Å². The van der Waals surface area contributed by atoms with Crippen molar-refractivity contribution in [3.63, 3.8) is 0 Å². The fourth-order valence-electron chi connectivity index (χ4n) is 4.13. The lowest BCUT2D eigenvalue weighted by atomic mass is 10.0. The molecule has 2 aromatic heterocycles. The molecule has 8 nitrogen and oxygen atoms in total. The van der Waals surface area contributed by atoms with E-state index in [2.05, 4.69) is 20.6 Å². The number of nitrogens with two attached hydrogens (primary N) is 1. The summed E-state index contributed by atoms with van der Waals surface area (Å²) in [7, 11) is 0. The number of rotatable bonds is 7. The van der Waals surface area contributed by atoms with Gasteiger partial charge >= 0.3 is 0 Å². The van der Waals surface area contributed by atoms with Gasteiger partial charge in [0, 0.05) is 29.1 Å². The number of carbonyl (C=O) groups is 2. The van der Waals surface area contributed by atoms with Crippen LogP contribution in [-0.2, 0) is 17.6 Å². The van der Waals surface area contributed by atoms with Crippen molar-refractivity contribution < 1.29 is 14.0 Å². The molecule has 0 fully saturated rings. The number of amides is 2. The lowest BCUT2D eigenvalue weighted by molar-refractivity contribution is -0.114. The SMILES string of the molecule is CC(=O)Nc1ccc2ncnc(CCc3ccc(C(=O)Nc4cc(-c5ccco5)ccc4N)cc3)c2c1. The second-order valence-electron chi connectivity index (χ2n) is 8.66. The molecule has 8 heteroatoms. The average molecular weight is 492 g/mol. The van der Waals surface area contributed by atoms with Gasteiger partial charge in [0.15, 0.2) is 0 Å². The monoisotopic (exact) mass is 491 g/mol. The molecule has 0 radical (unpaired) electrons. The number of fused-ring (bicyclic) bond motifs is 1. The summed E-state index contributed by atoms with van der Waals surface area (Å²) < 4.78 is 5.44. The summed E-state index contributed by atoms with van der Waals surface area (Å²) in [5, 5.41) is 6.60. The summed E-state index contributed by atoms with van der Waals surface area (Å²) in [5.74, 6) is 0.319. The van der Waals surface area contributed by atoms with E-state index < -0.39 is 0 Å². The van der Waals surface area contributed by atoms with Gasteiger partial charge in [-0.05, 0) is 79.1 Å². The predicted octanol–water partition coefficient (Wildman–Crippen LogP) is 5.47. The molecule has 3 aromatic carbocycles. The number of nitrogens with zero attached hydrogens (tertiary/aromatic N) is 2. The number of nitrogens with one attached hydrogen (secondary N) is 2. The summed E-state index contributed by atoms with van der Waals surface area (Å²) in [5.41, 5.74) is 11.9. The number of benzene rings is 3. The molecule has 0 atom stereocenters. The summed E-state index contributed by atoms with van der Waals surface area (Å²) in [4.78, 5) is 33.1. The van der Waals surface area contributed by atoms with Gasteiger partial charge in [-0.2, -0.15) is 0 Å². The molecule has 37 heavy (non-hydrogen) atoms. The Morgan fingerprint density at radius 2 is 1.76 bits per heavy atom. The Balaban J connectivity index is 1.27. The Morgan fingerprint density at radius 3 is 2.51 bits per heavy atom. The van der Waals surface area contributed by atoms with Gasteiger partial charge in [-0.1, -0.05) is 12.1 Å². The highest BCUT2D eigenvalue weighted by atomic mass is 16.3. The summed E-state index contributed by atoms with van der Waals surface area (Å²) in [6.07, 6.45) is 4.57. The summed E-state index contributed by atoms with van der Waals surface area (Å²) in [6, 6.07) is 22.1. The van der Waals surface area contributed by atoms with Crippen molar-refractivity contribution in [2.45, 2.75) is 19.8 Å². The van der Waals surface area contributed by atoms with Gasteiger partial charge in [-0.3, -0.25) is 9.59 Å². The van der Waals surface area contributed by atoms with Gasteiger partial charge in [0.2, 0.25) is 5.91 Å². The van der Waals surface area contributed by atoms with Crippen molar-refractivity contribution in [1.29, 1.82) is 0 Å². The van der Waals surface area contributed by atoms with Gasteiger partial charge in [-0.15, -0.1) is 0 Å². The molecule has 0 aliphatic rings. The van der Waals surface area contributed by atoms with Gasteiger partial charge < -0.3 is 20.8 Å². The van der Waals surface area contributed by atoms with E-state index >= 15 is 0 Å². The molecule has 0 aliphatic heterocycles. The molecule has 0 spiro atoms. The van der Waals surface area contributed by atoms with E-state index in [1.54, 1.807) is 36.9 Å². The van der Waals surface area contributed by atoms with Gasteiger partial charge in [0.05, 0.1) is 28.8 Å². The number of furan rings is 1. The first-order valence-electron chi connectivity index (χ1n) is 11.8. The number of nitrogen functional groups attached to an aromatic ring is 1. The maximum atomic E-state index is 12.9. The highest BCUT2D eigenvalue weighted by Crippen LogP contribution is 2.28. The largest absolute Gasteiger partial charge is 0.464 e. The maximum absolute atomic E-state index is 12.9. The number of hydrogen-bond acceptors (Lipinski definition) is 6. The number of anilines is 3. The van der Waals surface area contributed by atoms with Crippen LogP contribution < -0.4 is 16.4 Å². The van der Waals surface area contributed by atoms with Crippen molar-refractivity contribution in [2.24, 2.45) is 0 Å². The molecule has 0 aliphatic carbocycles. The second-order valence-corrected chi connectivity index (χ2v) is 8.66. The first kappa shape index (κ1) is 23.7. The third kappa shape index (κ3) is 5.48. The summed E-state index contributed by atoms with van der Waals surface area (Å²) in [6.45, 7) is 1.48. The van der Waals surface area contributed by atoms with Crippen LogP contribution in [0.15, 0.2) is 89.8 Å². The average Bonchev–Trinajstić information content (AvgIpc) is 3.44. The minimum absolute atomic E-state index is 0.130. The van der Waals surface area contributed by atoms with E-state index in [4.69, 9.17) is 10.2 Å².